The molecule has 0 unspecified atom stereocenters. The van der Waals surface area contributed by atoms with Crippen LogP contribution in [0.2, 0.25) is 0 Å². The van der Waals surface area contributed by atoms with Gasteiger partial charge in [-0.3, -0.25) is 9.59 Å². The Morgan fingerprint density at radius 2 is 1.76 bits per heavy atom. The first-order valence-corrected chi connectivity index (χ1v) is 13.5. The van der Waals surface area contributed by atoms with Crippen LogP contribution in [0.1, 0.15) is 12.5 Å². The van der Waals surface area contributed by atoms with Gasteiger partial charge in [-0.15, -0.1) is 5.10 Å². The maximum atomic E-state index is 13.4. The molecule has 0 bridgehead atoms. The second-order valence-corrected chi connectivity index (χ2v) is 9.98. The number of carbonyl (C=O) groups excluding carboxylic acids is 1. The maximum absolute atomic E-state index is 13.4. The highest BCUT2D eigenvalue weighted by molar-refractivity contribution is 7.15. The van der Waals surface area contributed by atoms with Gasteiger partial charge in [0.1, 0.15) is 23.8 Å². The van der Waals surface area contributed by atoms with E-state index in [9.17, 15) is 9.59 Å². The van der Waals surface area contributed by atoms with Crippen LogP contribution in [0.25, 0.3) is 39.4 Å². The lowest BCUT2D eigenvalue weighted by molar-refractivity contribution is -0.131. The minimum absolute atomic E-state index is 0.299. The number of hydrogen-bond donors (Lipinski definition) is 0. The number of esters is 1. The van der Waals surface area contributed by atoms with Crippen molar-refractivity contribution in [3.63, 3.8) is 0 Å². The highest BCUT2D eigenvalue weighted by Gasteiger charge is 2.17. The van der Waals surface area contributed by atoms with Crippen molar-refractivity contribution in [2.45, 2.75) is 6.92 Å². The van der Waals surface area contributed by atoms with E-state index in [4.69, 9.17) is 14.6 Å². The molecule has 0 aliphatic carbocycles. The number of rotatable bonds is 8. The zero-order valence-corrected chi connectivity index (χ0v) is 22.7. The van der Waals surface area contributed by atoms with Gasteiger partial charge in [-0.2, -0.15) is 14.6 Å². The molecule has 41 heavy (non-hydrogen) atoms. The predicted molar refractivity (Wildman–Crippen MR) is 157 cm³/mol. The fourth-order valence-corrected chi connectivity index (χ4v) is 5.18. The Morgan fingerprint density at radius 1 is 1.00 bits per heavy atom. The third-order valence-electron chi connectivity index (χ3n) is 6.11. The van der Waals surface area contributed by atoms with Gasteiger partial charge in [0.2, 0.25) is 4.96 Å². The van der Waals surface area contributed by atoms with E-state index >= 15 is 0 Å². The highest BCUT2D eigenvalue weighted by atomic mass is 32.1. The molecule has 0 atom stereocenters. The van der Waals surface area contributed by atoms with Gasteiger partial charge < -0.3 is 9.47 Å². The van der Waals surface area contributed by atoms with Gasteiger partial charge in [0, 0.05) is 24.2 Å². The van der Waals surface area contributed by atoms with E-state index in [1.807, 2.05) is 60.8 Å². The molecule has 202 valence electrons. The summed E-state index contributed by atoms with van der Waals surface area (Å²) in [6.45, 7) is 5.42. The van der Waals surface area contributed by atoms with Crippen LogP contribution in [0.3, 0.4) is 0 Å². The number of thiazole rings is 1. The number of aromatic nitrogens is 5. The van der Waals surface area contributed by atoms with Crippen molar-refractivity contribution in [2.24, 2.45) is 0 Å². The molecule has 0 saturated heterocycles. The monoisotopic (exact) mass is 561 g/mol. The summed E-state index contributed by atoms with van der Waals surface area (Å²) in [6, 6.07) is 24.3. The maximum Gasteiger partial charge on any atom is 0.308 e. The van der Waals surface area contributed by atoms with Gasteiger partial charge in [0.25, 0.3) is 5.56 Å². The number of hydrogen-bond acceptors (Lipinski definition) is 8. The zero-order chi connectivity index (χ0) is 28.3. The predicted octanol–water partition coefficient (Wildman–Crippen LogP) is 4.71. The summed E-state index contributed by atoms with van der Waals surface area (Å²) in [5.74, 6) is 0.898. The number of ether oxygens (including phenoxy) is 2. The van der Waals surface area contributed by atoms with Crippen LogP contribution in [-0.4, -0.2) is 37.0 Å². The first-order chi connectivity index (χ1) is 20.0. The van der Waals surface area contributed by atoms with Crippen molar-refractivity contribution in [2.75, 3.05) is 6.61 Å². The van der Waals surface area contributed by atoms with Crippen molar-refractivity contribution in [3.05, 3.63) is 118 Å². The number of benzene rings is 3. The average Bonchev–Trinajstić information content (AvgIpc) is 3.68. The molecule has 0 amide bonds. The summed E-state index contributed by atoms with van der Waals surface area (Å²) in [6.07, 6.45) is 5.39. The van der Waals surface area contributed by atoms with Crippen LogP contribution >= 0.6 is 11.3 Å². The Balaban J connectivity index is 1.43. The Kier molecular flexibility index (Phi) is 6.97. The Labute approximate surface area is 238 Å². The van der Waals surface area contributed by atoms with Gasteiger partial charge in [0.05, 0.1) is 15.8 Å². The summed E-state index contributed by atoms with van der Waals surface area (Å²) in [4.78, 5) is 29.9. The number of para-hydroxylation sites is 2. The average molecular weight is 562 g/mol. The number of carbonyl (C=O) groups is 1. The van der Waals surface area contributed by atoms with E-state index in [0.29, 0.717) is 38.9 Å². The molecular formula is C31H23N5O4S. The molecule has 6 rings (SSSR count). The quantitative estimate of drug-likeness (QED) is 0.151. The van der Waals surface area contributed by atoms with Crippen molar-refractivity contribution >= 4 is 28.3 Å². The Hall–Kier alpha value is -5.35. The summed E-state index contributed by atoms with van der Waals surface area (Å²) in [5.41, 5.74) is 3.44. The third kappa shape index (κ3) is 5.28. The molecule has 0 aliphatic rings. The molecule has 3 aromatic heterocycles. The highest BCUT2D eigenvalue weighted by Crippen LogP contribution is 2.29. The van der Waals surface area contributed by atoms with E-state index < -0.39 is 5.97 Å². The lowest BCUT2D eigenvalue weighted by Gasteiger charge is -2.05. The van der Waals surface area contributed by atoms with E-state index in [2.05, 4.69) is 16.7 Å². The lowest BCUT2D eigenvalue weighted by Crippen LogP contribution is -2.23. The van der Waals surface area contributed by atoms with Crippen LogP contribution in [0.5, 0.6) is 11.5 Å². The van der Waals surface area contributed by atoms with E-state index in [1.54, 1.807) is 41.1 Å². The van der Waals surface area contributed by atoms with Crippen molar-refractivity contribution < 1.29 is 14.3 Å². The molecule has 0 spiro atoms. The van der Waals surface area contributed by atoms with E-state index in [-0.39, 0.29) is 5.56 Å². The van der Waals surface area contributed by atoms with Crippen LogP contribution < -0.4 is 19.6 Å². The van der Waals surface area contributed by atoms with E-state index in [1.165, 1.54) is 22.8 Å². The molecule has 3 aromatic carbocycles. The Morgan fingerprint density at radius 3 is 2.49 bits per heavy atom. The van der Waals surface area contributed by atoms with Gasteiger partial charge in [-0.25, -0.2) is 4.68 Å². The van der Waals surface area contributed by atoms with Crippen molar-refractivity contribution in [1.29, 1.82) is 0 Å². The molecule has 0 aliphatic heterocycles. The van der Waals surface area contributed by atoms with Crippen LogP contribution in [0, 0.1) is 0 Å². The van der Waals surface area contributed by atoms with Crippen LogP contribution in [-0.2, 0) is 4.79 Å². The summed E-state index contributed by atoms with van der Waals surface area (Å²) in [5, 5.41) is 9.28. The third-order valence-corrected chi connectivity index (χ3v) is 7.07. The Bertz CT molecular complexity index is 1990. The van der Waals surface area contributed by atoms with Gasteiger partial charge in [-0.05, 0) is 54.6 Å². The normalized spacial score (nSPS) is 11.6. The fraction of sp³-hybridized carbons (Fsp3) is 0.0645. The van der Waals surface area contributed by atoms with Crippen molar-refractivity contribution in [3.8, 4) is 39.8 Å². The summed E-state index contributed by atoms with van der Waals surface area (Å²) in [7, 11) is 0. The molecule has 10 heteroatoms. The van der Waals surface area contributed by atoms with Gasteiger partial charge in [-0.1, -0.05) is 54.3 Å². The molecule has 0 fully saturated rings. The molecule has 6 aromatic rings. The standard InChI is InChI=1S/C31H23N5O4S/c1-3-17-39-24-15-13-21(14-16-24)28-22(19-35(33-28)23-9-5-4-6-10-23)18-27-30(38)36-31(41-27)32-29(34-36)25-11-7-8-12-26(25)40-20(2)37/h3-16,18-19H,1,17H2,2H3. The van der Waals surface area contributed by atoms with Gasteiger partial charge in [0.15, 0.2) is 5.82 Å². The van der Waals surface area contributed by atoms with Crippen LogP contribution in [0.15, 0.2) is 103 Å². The minimum atomic E-state index is -0.453. The second kappa shape index (κ2) is 11.0. The summed E-state index contributed by atoms with van der Waals surface area (Å²) >= 11 is 1.22. The topological polar surface area (TPSA) is 101 Å². The minimum Gasteiger partial charge on any atom is -0.490 e. The second-order valence-electron chi connectivity index (χ2n) is 8.97. The first kappa shape index (κ1) is 25.9. The molecule has 0 N–H and O–H groups in total. The zero-order valence-electron chi connectivity index (χ0n) is 21.9. The lowest BCUT2D eigenvalue weighted by atomic mass is 10.1. The smallest absolute Gasteiger partial charge is 0.308 e. The van der Waals surface area contributed by atoms with Gasteiger partial charge >= 0.3 is 5.97 Å². The first-order valence-electron chi connectivity index (χ1n) is 12.7. The largest absolute Gasteiger partial charge is 0.490 e. The van der Waals surface area contributed by atoms with Crippen LogP contribution in [0.4, 0.5) is 0 Å². The summed E-state index contributed by atoms with van der Waals surface area (Å²) < 4.78 is 14.4. The molecule has 0 saturated carbocycles. The van der Waals surface area contributed by atoms with Crippen molar-refractivity contribution in [1.82, 2.24) is 24.4 Å². The molecular weight excluding hydrogens is 538 g/mol. The number of nitrogens with zero attached hydrogens (tertiary/aromatic N) is 5. The molecule has 0 radical (unpaired) electrons. The molecule has 9 nitrogen and oxygen atoms in total. The van der Waals surface area contributed by atoms with E-state index in [0.717, 1.165) is 22.6 Å². The number of fused-ring (bicyclic) bond motifs is 1. The fourth-order valence-electron chi connectivity index (χ4n) is 4.28. The SMILES string of the molecule is C=CCOc1ccc(-c2nn(-c3ccccc3)cc2C=c2sc3nc(-c4ccccc4OC(C)=O)nn3c2=O)cc1. The molecule has 3 heterocycles.